The van der Waals surface area contributed by atoms with Crippen LogP contribution in [0.15, 0.2) is 41.0 Å². The minimum Gasteiger partial charge on any atom is -0.398 e. The van der Waals surface area contributed by atoms with E-state index in [1.54, 1.807) is 6.20 Å². The zero-order valence-electron chi connectivity index (χ0n) is 11.7. The molecule has 2 aromatic rings. The highest BCUT2D eigenvalue weighted by Gasteiger charge is 2.16. The van der Waals surface area contributed by atoms with Gasteiger partial charge in [-0.25, -0.2) is 4.98 Å². The molecule has 0 atom stereocenters. The molecule has 1 heterocycles. The van der Waals surface area contributed by atoms with E-state index in [0.29, 0.717) is 18.1 Å². The Balaban J connectivity index is 2.37. The Morgan fingerprint density at radius 2 is 2.05 bits per heavy atom. The second-order valence-corrected chi connectivity index (χ2v) is 5.58. The molecule has 1 amide bonds. The standard InChI is InChI=1S/C15H17BrN4O/c1-10-6-7-19-15(14(10)16)20(9-13(18)21)8-11-4-2-3-5-12(11)17/h2-7H,8-9,17H2,1H3,(H2,18,21). The molecule has 0 aliphatic heterocycles. The number of benzene rings is 1. The van der Waals surface area contributed by atoms with Gasteiger partial charge in [-0.3, -0.25) is 4.79 Å². The molecule has 0 radical (unpaired) electrons. The number of nitrogens with two attached hydrogens (primary N) is 2. The number of anilines is 2. The molecule has 0 unspecified atom stereocenters. The van der Waals surface area contributed by atoms with Crippen molar-refractivity contribution in [2.24, 2.45) is 5.73 Å². The van der Waals surface area contributed by atoms with Crippen molar-refractivity contribution in [3.63, 3.8) is 0 Å². The van der Waals surface area contributed by atoms with Gasteiger partial charge in [-0.05, 0) is 46.1 Å². The molecule has 6 heteroatoms. The van der Waals surface area contributed by atoms with Gasteiger partial charge in [0.05, 0.1) is 11.0 Å². The average Bonchev–Trinajstić information content (AvgIpc) is 2.43. The molecule has 0 saturated heterocycles. The van der Waals surface area contributed by atoms with Gasteiger partial charge in [0.2, 0.25) is 5.91 Å². The Kier molecular flexibility index (Phi) is 4.80. The number of amides is 1. The minimum atomic E-state index is -0.417. The topological polar surface area (TPSA) is 85.2 Å². The minimum absolute atomic E-state index is 0.0728. The number of nitrogen functional groups attached to an aromatic ring is 1. The summed E-state index contributed by atoms with van der Waals surface area (Å²) in [4.78, 5) is 17.5. The Labute approximate surface area is 132 Å². The maximum absolute atomic E-state index is 11.4. The SMILES string of the molecule is Cc1ccnc(N(CC(N)=O)Cc2ccccc2N)c1Br. The summed E-state index contributed by atoms with van der Waals surface area (Å²) in [6, 6.07) is 9.43. The Morgan fingerprint density at radius 1 is 1.33 bits per heavy atom. The largest absolute Gasteiger partial charge is 0.398 e. The number of pyridine rings is 1. The summed E-state index contributed by atoms with van der Waals surface area (Å²) in [6.07, 6.45) is 1.71. The van der Waals surface area contributed by atoms with Gasteiger partial charge in [0.15, 0.2) is 0 Å². The number of primary amides is 1. The van der Waals surface area contributed by atoms with Crippen LogP contribution in [-0.2, 0) is 11.3 Å². The molecule has 110 valence electrons. The number of rotatable bonds is 5. The molecule has 0 saturated carbocycles. The molecular weight excluding hydrogens is 332 g/mol. The lowest BCUT2D eigenvalue weighted by molar-refractivity contribution is -0.116. The molecule has 5 nitrogen and oxygen atoms in total. The van der Waals surface area contributed by atoms with E-state index in [1.807, 2.05) is 42.2 Å². The van der Waals surface area contributed by atoms with E-state index >= 15 is 0 Å². The van der Waals surface area contributed by atoms with E-state index in [0.717, 1.165) is 15.6 Å². The molecule has 0 bridgehead atoms. The predicted octanol–water partition coefficient (Wildman–Crippen LogP) is 2.23. The summed E-state index contributed by atoms with van der Waals surface area (Å²) in [7, 11) is 0. The van der Waals surface area contributed by atoms with Crippen LogP contribution in [0.4, 0.5) is 11.5 Å². The van der Waals surface area contributed by atoms with Crippen molar-refractivity contribution in [2.45, 2.75) is 13.5 Å². The van der Waals surface area contributed by atoms with E-state index in [9.17, 15) is 4.79 Å². The molecule has 0 aliphatic carbocycles. The molecule has 1 aromatic heterocycles. The van der Waals surface area contributed by atoms with Crippen LogP contribution in [0.3, 0.4) is 0 Å². The third-order valence-corrected chi connectivity index (χ3v) is 4.11. The summed E-state index contributed by atoms with van der Waals surface area (Å²) in [6.45, 7) is 2.50. The van der Waals surface area contributed by atoms with Crippen LogP contribution in [0.25, 0.3) is 0 Å². The van der Waals surface area contributed by atoms with Gasteiger partial charge in [-0.2, -0.15) is 0 Å². The average molecular weight is 349 g/mol. The molecule has 2 rings (SSSR count). The number of para-hydroxylation sites is 1. The number of aromatic nitrogens is 1. The summed E-state index contributed by atoms with van der Waals surface area (Å²) in [5.41, 5.74) is 14.0. The lowest BCUT2D eigenvalue weighted by Crippen LogP contribution is -2.34. The second-order valence-electron chi connectivity index (χ2n) is 4.79. The van der Waals surface area contributed by atoms with Crippen molar-refractivity contribution in [3.8, 4) is 0 Å². The first-order chi connectivity index (χ1) is 9.99. The number of hydrogen-bond donors (Lipinski definition) is 2. The quantitative estimate of drug-likeness (QED) is 0.811. The number of nitrogens with zero attached hydrogens (tertiary/aromatic N) is 2. The van der Waals surface area contributed by atoms with Crippen LogP contribution in [-0.4, -0.2) is 17.4 Å². The van der Waals surface area contributed by atoms with Crippen molar-refractivity contribution in [3.05, 3.63) is 52.1 Å². The first kappa shape index (κ1) is 15.3. The van der Waals surface area contributed by atoms with E-state index in [-0.39, 0.29) is 6.54 Å². The lowest BCUT2D eigenvalue weighted by Gasteiger charge is -2.24. The van der Waals surface area contributed by atoms with Gasteiger partial charge in [-0.15, -0.1) is 0 Å². The summed E-state index contributed by atoms with van der Waals surface area (Å²) >= 11 is 3.52. The number of hydrogen-bond acceptors (Lipinski definition) is 4. The van der Waals surface area contributed by atoms with Crippen LogP contribution in [0.2, 0.25) is 0 Å². The molecule has 0 spiro atoms. The summed E-state index contributed by atoms with van der Waals surface area (Å²) in [5, 5.41) is 0. The van der Waals surface area contributed by atoms with Gasteiger partial charge < -0.3 is 16.4 Å². The Morgan fingerprint density at radius 3 is 2.71 bits per heavy atom. The fourth-order valence-corrected chi connectivity index (χ4v) is 2.51. The van der Waals surface area contributed by atoms with Crippen LogP contribution in [0.5, 0.6) is 0 Å². The van der Waals surface area contributed by atoms with Gasteiger partial charge in [-0.1, -0.05) is 18.2 Å². The fraction of sp³-hybridized carbons (Fsp3) is 0.200. The predicted molar refractivity (Wildman–Crippen MR) is 87.8 cm³/mol. The van der Waals surface area contributed by atoms with Gasteiger partial charge in [0, 0.05) is 18.4 Å². The van der Waals surface area contributed by atoms with Gasteiger partial charge in [0.25, 0.3) is 0 Å². The smallest absolute Gasteiger partial charge is 0.237 e. The van der Waals surface area contributed by atoms with Crippen LogP contribution < -0.4 is 16.4 Å². The highest BCUT2D eigenvalue weighted by atomic mass is 79.9. The van der Waals surface area contributed by atoms with Crippen molar-refractivity contribution in [1.82, 2.24) is 4.98 Å². The van der Waals surface area contributed by atoms with Crippen LogP contribution in [0, 0.1) is 6.92 Å². The Hall–Kier alpha value is -2.08. The van der Waals surface area contributed by atoms with Crippen molar-refractivity contribution >= 4 is 33.3 Å². The van der Waals surface area contributed by atoms with Crippen molar-refractivity contribution < 1.29 is 4.79 Å². The maximum Gasteiger partial charge on any atom is 0.237 e. The first-order valence-corrected chi connectivity index (χ1v) is 7.26. The summed E-state index contributed by atoms with van der Waals surface area (Å²) in [5.74, 6) is 0.261. The van der Waals surface area contributed by atoms with Gasteiger partial charge in [0.1, 0.15) is 5.82 Å². The highest BCUT2D eigenvalue weighted by Crippen LogP contribution is 2.28. The summed E-state index contributed by atoms with van der Waals surface area (Å²) < 4.78 is 0.848. The molecular formula is C15H17BrN4O. The van der Waals surface area contributed by atoms with Gasteiger partial charge >= 0.3 is 0 Å². The third-order valence-electron chi connectivity index (χ3n) is 3.13. The molecule has 21 heavy (non-hydrogen) atoms. The Bertz CT molecular complexity index is 660. The fourth-order valence-electron chi connectivity index (χ4n) is 2.02. The number of aryl methyl sites for hydroxylation is 1. The number of halogens is 1. The second kappa shape index (κ2) is 6.58. The number of carbonyl (C=O) groups excluding carboxylic acids is 1. The lowest BCUT2D eigenvalue weighted by atomic mass is 10.1. The van der Waals surface area contributed by atoms with E-state index in [1.165, 1.54) is 0 Å². The molecule has 0 aliphatic rings. The van der Waals surface area contributed by atoms with E-state index in [4.69, 9.17) is 11.5 Å². The van der Waals surface area contributed by atoms with Crippen molar-refractivity contribution in [1.29, 1.82) is 0 Å². The zero-order valence-corrected chi connectivity index (χ0v) is 13.3. The molecule has 1 aromatic carbocycles. The highest BCUT2D eigenvalue weighted by molar-refractivity contribution is 9.10. The monoisotopic (exact) mass is 348 g/mol. The molecule has 4 N–H and O–H groups in total. The normalized spacial score (nSPS) is 10.4. The maximum atomic E-state index is 11.4. The third kappa shape index (κ3) is 3.72. The van der Waals surface area contributed by atoms with Crippen LogP contribution >= 0.6 is 15.9 Å². The zero-order chi connectivity index (χ0) is 15.4. The molecule has 0 fully saturated rings. The van der Waals surface area contributed by atoms with E-state index in [2.05, 4.69) is 20.9 Å². The van der Waals surface area contributed by atoms with Crippen LogP contribution in [0.1, 0.15) is 11.1 Å². The number of carbonyl (C=O) groups is 1. The van der Waals surface area contributed by atoms with Crippen molar-refractivity contribution in [2.75, 3.05) is 17.2 Å². The van der Waals surface area contributed by atoms with E-state index < -0.39 is 5.91 Å². The first-order valence-electron chi connectivity index (χ1n) is 6.46.